The van der Waals surface area contributed by atoms with Gasteiger partial charge in [0.2, 0.25) is 0 Å². The van der Waals surface area contributed by atoms with Gasteiger partial charge in [0.25, 0.3) is 0 Å². The van der Waals surface area contributed by atoms with E-state index in [9.17, 15) is 4.79 Å². The second kappa shape index (κ2) is 6.54. The average Bonchev–Trinajstić information content (AvgIpc) is 2.96. The summed E-state index contributed by atoms with van der Waals surface area (Å²) in [7, 11) is 0. The first-order valence-electron chi connectivity index (χ1n) is 6.58. The van der Waals surface area contributed by atoms with Gasteiger partial charge >= 0.3 is 6.03 Å². The lowest BCUT2D eigenvalue weighted by atomic mass is 10.2. The minimum Gasteiger partial charge on any atom is -0.335 e. The number of amides is 2. The van der Waals surface area contributed by atoms with Gasteiger partial charge in [0.05, 0.1) is 5.69 Å². The number of carbonyl (C=O) groups excluding carboxylic acids is 1. The van der Waals surface area contributed by atoms with Crippen LogP contribution < -0.4 is 16.0 Å². The van der Waals surface area contributed by atoms with Crippen molar-refractivity contribution in [2.75, 3.05) is 11.9 Å². The predicted octanol–water partition coefficient (Wildman–Crippen LogP) is 2.27. The van der Waals surface area contributed by atoms with Gasteiger partial charge in [-0.2, -0.15) is 0 Å². The van der Waals surface area contributed by atoms with Crippen molar-refractivity contribution < 1.29 is 4.79 Å². The average molecular weight is 303 g/mol. The number of thiazole rings is 1. The third-order valence-electron chi connectivity index (χ3n) is 3.51. The largest absolute Gasteiger partial charge is 0.335 e. The zero-order valence-electron chi connectivity index (χ0n) is 10.7. The molecule has 0 atom stereocenters. The van der Waals surface area contributed by atoms with Crippen molar-refractivity contribution in [2.24, 2.45) is 0 Å². The van der Waals surface area contributed by atoms with E-state index in [0.717, 1.165) is 43.2 Å². The van der Waals surface area contributed by atoms with Crippen LogP contribution in [0, 0.1) is 0 Å². The van der Waals surface area contributed by atoms with Crippen LogP contribution in [0.3, 0.4) is 0 Å². The second-order valence-electron chi connectivity index (χ2n) is 4.90. The molecule has 3 rings (SSSR count). The highest BCUT2D eigenvalue weighted by molar-refractivity contribution is 7.15. The Kier molecular flexibility index (Phi) is 5.01. The summed E-state index contributed by atoms with van der Waals surface area (Å²) in [6, 6.07) is 0.238. The van der Waals surface area contributed by atoms with Crippen molar-refractivity contribution in [1.29, 1.82) is 0 Å². The highest BCUT2D eigenvalue weighted by atomic mass is 35.5. The molecular formula is C12H19ClN4OS. The summed E-state index contributed by atoms with van der Waals surface area (Å²) < 4.78 is 0. The molecule has 2 aliphatic rings. The SMILES string of the molecule is Cl.O=C(Nc1nc2c(s1)CNCC2)NC1CCCC1. The Labute approximate surface area is 123 Å². The number of nitrogens with zero attached hydrogens (tertiary/aromatic N) is 1. The number of urea groups is 1. The zero-order chi connectivity index (χ0) is 12.4. The van der Waals surface area contributed by atoms with E-state index in [1.54, 1.807) is 11.3 Å². The van der Waals surface area contributed by atoms with Crippen molar-refractivity contribution in [3.63, 3.8) is 0 Å². The van der Waals surface area contributed by atoms with Crippen molar-refractivity contribution in [3.05, 3.63) is 10.6 Å². The summed E-state index contributed by atoms with van der Waals surface area (Å²) in [4.78, 5) is 17.5. The van der Waals surface area contributed by atoms with E-state index in [0.29, 0.717) is 6.04 Å². The molecule has 0 spiro atoms. The molecule has 0 radical (unpaired) electrons. The van der Waals surface area contributed by atoms with Crippen molar-refractivity contribution in [1.82, 2.24) is 15.6 Å². The standard InChI is InChI=1S/C12H18N4OS.ClH/c17-11(14-8-3-1-2-4-8)16-12-15-9-5-6-13-7-10(9)18-12;/h8,13H,1-7H2,(H2,14,15,16,17);1H. The molecule has 1 aromatic rings. The minimum absolute atomic E-state index is 0. The Morgan fingerprint density at radius 1 is 1.37 bits per heavy atom. The Morgan fingerprint density at radius 3 is 2.89 bits per heavy atom. The summed E-state index contributed by atoms with van der Waals surface area (Å²) >= 11 is 1.58. The highest BCUT2D eigenvalue weighted by Gasteiger charge is 2.19. The maximum atomic E-state index is 11.8. The maximum Gasteiger partial charge on any atom is 0.321 e. The number of nitrogens with one attached hydrogen (secondary N) is 3. The number of carbonyl (C=O) groups is 1. The predicted molar refractivity (Wildman–Crippen MR) is 79.2 cm³/mol. The first-order chi connectivity index (χ1) is 8.81. The Bertz CT molecular complexity index is 421. The summed E-state index contributed by atoms with van der Waals surface area (Å²) in [5.74, 6) is 0. The summed E-state index contributed by atoms with van der Waals surface area (Å²) in [6.07, 6.45) is 5.61. The van der Waals surface area contributed by atoms with Crippen molar-refractivity contribution >= 4 is 34.9 Å². The molecule has 0 saturated heterocycles. The van der Waals surface area contributed by atoms with Gasteiger partial charge in [-0.25, -0.2) is 9.78 Å². The number of anilines is 1. The zero-order valence-corrected chi connectivity index (χ0v) is 12.3. The van der Waals surface area contributed by atoms with Crippen molar-refractivity contribution in [2.45, 2.75) is 44.7 Å². The minimum atomic E-state index is -0.110. The number of hydrogen-bond acceptors (Lipinski definition) is 4. The van der Waals surface area contributed by atoms with E-state index in [1.807, 2.05) is 0 Å². The molecular weight excluding hydrogens is 284 g/mol. The third kappa shape index (κ3) is 3.58. The first-order valence-corrected chi connectivity index (χ1v) is 7.40. The van der Waals surface area contributed by atoms with Gasteiger partial charge in [-0.1, -0.05) is 12.8 Å². The van der Waals surface area contributed by atoms with Gasteiger partial charge in [0.15, 0.2) is 5.13 Å². The van der Waals surface area contributed by atoms with Gasteiger partial charge in [-0.3, -0.25) is 5.32 Å². The quantitative estimate of drug-likeness (QED) is 0.785. The molecule has 1 saturated carbocycles. The van der Waals surface area contributed by atoms with Crippen LogP contribution in [0.25, 0.3) is 0 Å². The Morgan fingerprint density at radius 2 is 2.16 bits per heavy atom. The van der Waals surface area contributed by atoms with Gasteiger partial charge in [-0.05, 0) is 12.8 Å². The van der Waals surface area contributed by atoms with E-state index in [4.69, 9.17) is 0 Å². The van der Waals surface area contributed by atoms with E-state index < -0.39 is 0 Å². The molecule has 1 aliphatic heterocycles. The Balaban J connectivity index is 0.00000133. The first kappa shape index (κ1) is 14.6. The molecule has 7 heteroatoms. The molecule has 3 N–H and O–H groups in total. The smallest absolute Gasteiger partial charge is 0.321 e. The van der Waals surface area contributed by atoms with E-state index in [2.05, 4.69) is 20.9 Å². The summed E-state index contributed by atoms with van der Waals surface area (Å²) in [6.45, 7) is 1.85. The third-order valence-corrected chi connectivity index (χ3v) is 4.53. The molecule has 2 amide bonds. The highest BCUT2D eigenvalue weighted by Crippen LogP contribution is 2.25. The van der Waals surface area contributed by atoms with Crippen LogP contribution in [0.1, 0.15) is 36.3 Å². The maximum absolute atomic E-state index is 11.8. The number of rotatable bonds is 2. The lowest BCUT2D eigenvalue weighted by molar-refractivity contribution is 0.248. The van der Waals surface area contributed by atoms with Gasteiger partial charge < -0.3 is 10.6 Å². The Hall–Kier alpha value is -0.850. The van der Waals surface area contributed by atoms with Gasteiger partial charge in [0, 0.05) is 30.4 Å². The summed E-state index contributed by atoms with van der Waals surface area (Å²) in [5, 5.41) is 9.89. The van der Waals surface area contributed by atoms with E-state index in [-0.39, 0.29) is 18.4 Å². The van der Waals surface area contributed by atoms with Crippen LogP contribution in [0.4, 0.5) is 9.93 Å². The van der Waals surface area contributed by atoms with Gasteiger partial charge in [0.1, 0.15) is 0 Å². The topological polar surface area (TPSA) is 66.0 Å². The van der Waals surface area contributed by atoms with Crippen LogP contribution in [0.5, 0.6) is 0 Å². The summed E-state index contributed by atoms with van der Waals surface area (Å²) in [5.41, 5.74) is 1.13. The van der Waals surface area contributed by atoms with Crippen LogP contribution in [0.15, 0.2) is 0 Å². The van der Waals surface area contributed by atoms with E-state index >= 15 is 0 Å². The number of fused-ring (bicyclic) bond motifs is 1. The molecule has 2 heterocycles. The number of hydrogen-bond donors (Lipinski definition) is 3. The molecule has 1 aromatic heterocycles. The number of halogens is 1. The fraction of sp³-hybridized carbons (Fsp3) is 0.667. The lowest BCUT2D eigenvalue weighted by Gasteiger charge is -2.11. The lowest BCUT2D eigenvalue weighted by Crippen LogP contribution is -2.36. The molecule has 1 fully saturated rings. The molecule has 106 valence electrons. The molecule has 0 aromatic carbocycles. The van der Waals surface area contributed by atoms with E-state index in [1.165, 1.54) is 17.7 Å². The second-order valence-corrected chi connectivity index (χ2v) is 5.98. The molecule has 0 bridgehead atoms. The van der Waals surface area contributed by atoms with Crippen molar-refractivity contribution in [3.8, 4) is 0 Å². The fourth-order valence-corrected chi connectivity index (χ4v) is 3.54. The number of aromatic nitrogens is 1. The normalized spacial score (nSPS) is 18.5. The van der Waals surface area contributed by atoms with Crippen LogP contribution >= 0.6 is 23.7 Å². The van der Waals surface area contributed by atoms with Crippen LogP contribution in [-0.2, 0) is 13.0 Å². The molecule has 19 heavy (non-hydrogen) atoms. The monoisotopic (exact) mass is 302 g/mol. The van der Waals surface area contributed by atoms with Crippen LogP contribution in [0.2, 0.25) is 0 Å². The molecule has 1 aliphatic carbocycles. The van der Waals surface area contributed by atoms with Gasteiger partial charge in [-0.15, -0.1) is 23.7 Å². The van der Waals surface area contributed by atoms with Crippen LogP contribution in [-0.4, -0.2) is 23.6 Å². The molecule has 5 nitrogen and oxygen atoms in total. The molecule has 0 unspecified atom stereocenters. The fourth-order valence-electron chi connectivity index (χ4n) is 2.57.